The lowest BCUT2D eigenvalue weighted by atomic mass is 9.90. The van der Waals surface area contributed by atoms with E-state index in [0.29, 0.717) is 12.3 Å². The van der Waals surface area contributed by atoms with Crippen LogP contribution in [-0.2, 0) is 14.3 Å². The Kier molecular flexibility index (Phi) is 12.3. The monoisotopic (exact) mass is 454 g/mol. The highest BCUT2D eigenvalue weighted by molar-refractivity contribution is 7.86. The molecule has 1 rings (SSSR count). The van der Waals surface area contributed by atoms with Crippen molar-refractivity contribution < 1.29 is 17.7 Å². The second kappa shape index (κ2) is 13.6. The third-order valence-corrected chi connectivity index (χ3v) is 7.40. The SMILES string of the molecule is Cc1ccc(S(=O)(=O)OC[C@](C)(O)CCCC(C)CCCC(C)CCCC(C)C)cc1. The average Bonchev–Trinajstić information content (AvgIpc) is 2.66. The minimum Gasteiger partial charge on any atom is -0.388 e. The van der Waals surface area contributed by atoms with Gasteiger partial charge >= 0.3 is 0 Å². The van der Waals surface area contributed by atoms with Gasteiger partial charge in [-0.2, -0.15) is 8.42 Å². The van der Waals surface area contributed by atoms with Gasteiger partial charge in [0, 0.05) is 0 Å². The smallest absolute Gasteiger partial charge is 0.297 e. The summed E-state index contributed by atoms with van der Waals surface area (Å²) in [5.41, 5.74) is -0.164. The number of rotatable bonds is 16. The molecule has 0 radical (unpaired) electrons. The molecule has 0 aliphatic carbocycles. The predicted octanol–water partition coefficient (Wildman–Crippen LogP) is 6.89. The quantitative estimate of drug-likeness (QED) is 0.276. The van der Waals surface area contributed by atoms with Crippen molar-refractivity contribution >= 4 is 10.1 Å². The maximum atomic E-state index is 12.3. The molecule has 180 valence electrons. The molecule has 1 aromatic carbocycles. The van der Waals surface area contributed by atoms with Crippen molar-refractivity contribution in [3.8, 4) is 0 Å². The van der Waals surface area contributed by atoms with E-state index in [1.165, 1.54) is 50.7 Å². The number of aryl methyl sites for hydroxylation is 1. The molecule has 0 saturated heterocycles. The molecule has 0 fully saturated rings. The van der Waals surface area contributed by atoms with Crippen LogP contribution >= 0.6 is 0 Å². The molecule has 0 bridgehead atoms. The van der Waals surface area contributed by atoms with E-state index >= 15 is 0 Å². The molecule has 2 unspecified atom stereocenters. The topological polar surface area (TPSA) is 63.6 Å². The Labute approximate surface area is 191 Å². The van der Waals surface area contributed by atoms with E-state index in [-0.39, 0.29) is 11.5 Å². The number of benzene rings is 1. The number of hydrogen-bond donors (Lipinski definition) is 1. The van der Waals surface area contributed by atoms with Crippen LogP contribution in [0.1, 0.15) is 98.0 Å². The molecule has 3 atom stereocenters. The maximum absolute atomic E-state index is 12.3. The summed E-state index contributed by atoms with van der Waals surface area (Å²) in [7, 11) is -3.84. The Hall–Kier alpha value is -0.910. The molecule has 4 nitrogen and oxygen atoms in total. The average molecular weight is 455 g/mol. The van der Waals surface area contributed by atoms with Crippen LogP contribution in [0.15, 0.2) is 29.2 Å². The lowest BCUT2D eigenvalue weighted by Crippen LogP contribution is -2.32. The van der Waals surface area contributed by atoms with Crippen LogP contribution in [0.2, 0.25) is 0 Å². The fourth-order valence-corrected chi connectivity index (χ4v) is 4.87. The van der Waals surface area contributed by atoms with E-state index in [1.807, 2.05) is 6.92 Å². The van der Waals surface area contributed by atoms with Crippen LogP contribution in [0.5, 0.6) is 0 Å². The Morgan fingerprint density at radius 1 is 0.871 bits per heavy atom. The van der Waals surface area contributed by atoms with Gasteiger partial charge < -0.3 is 5.11 Å². The highest BCUT2D eigenvalue weighted by Crippen LogP contribution is 2.24. The van der Waals surface area contributed by atoms with Gasteiger partial charge in [0.15, 0.2) is 0 Å². The minimum absolute atomic E-state index is 0.126. The van der Waals surface area contributed by atoms with Crippen LogP contribution in [0, 0.1) is 24.7 Å². The van der Waals surface area contributed by atoms with Crippen molar-refractivity contribution in [1.29, 1.82) is 0 Å². The summed E-state index contributed by atoms with van der Waals surface area (Å²) in [4.78, 5) is 0.126. The third-order valence-electron chi connectivity index (χ3n) is 6.12. The Morgan fingerprint density at radius 3 is 1.87 bits per heavy atom. The first-order valence-corrected chi connectivity index (χ1v) is 13.5. The minimum atomic E-state index is -3.84. The van der Waals surface area contributed by atoms with E-state index in [0.717, 1.165) is 30.2 Å². The number of aliphatic hydroxyl groups is 1. The van der Waals surface area contributed by atoms with Gasteiger partial charge in [-0.25, -0.2) is 0 Å². The molecule has 0 amide bonds. The molecule has 0 aliphatic heterocycles. The normalized spacial score (nSPS) is 16.3. The van der Waals surface area contributed by atoms with Gasteiger partial charge in [0.25, 0.3) is 10.1 Å². The van der Waals surface area contributed by atoms with Gasteiger partial charge in [-0.05, 0) is 50.2 Å². The highest BCUT2D eigenvalue weighted by atomic mass is 32.2. The summed E-state index contributed by atoms with van der Waals surface area (Å²) < 4.78 is 29.8. The summed E-state index contributed by atoms with van der Waals surface area (Å²) in [6, 6.07) is 6.54. The number of hydrogen-bond acceptors (Lipinski definition) is 4. The highest BCUT2D eigenvalue weighted by Gasteiger charge is 2.25. The van der Waals surface area contributed by atoms with Crippen molar-refractivity contribution in [2.75, 3.05) is 6.61 Å². The molecule has 31 heavy (non-hydrogen) atoms. The van der Waals surface area contributed by atoms with Crippen LogP contribution in [0.3, 0.4) is 0 Å². The maximum Gasteiger partial charge on any atom is 0.297 e. The summed E-state index contributed by atoms with van der Waals surface area (Å²) in [6.07, 6.45) is 10.2. The first-order valence-electron chi connectivity index (χ1n) is 12.1. The Bertz CT molecular complexity index is 707. The summed E-state index contributed by atoms with van der Waals surface area (Å²) in [6.45, 7) is 12.6. The second-order valence-electron chi connectivity index (χ2n) is 10.4. The first-order chi connectivity index (χ1) is 14.4. The molecular weight excluding hydrogens is 408 g/mol. The van der Waals surface area contributed by atoms with Crippen LogP contribution in [-0.4, -0.2) is 25.7 Å². The molecule has 5 heteroatoms. The fourth-order valence-electron chi connectivity index (χ4n) is 3.86. The van der Waals surface area contributed by atoms with Crippen molar-refractivity contribution in [2.45, 2.75) is 110 Å². The molecule has 0 spiro atoms. The van der Waals surface area contributed by atoms with E-state index in [2.05, 4.69) is 27.7 Å². The van der Waals surface area contributed by atoms with Gasteiger partial charge in [0.05, 0.1) is 17.1 Å². The third kappa shape index (κ3) is 12.6. The van der Waals surface area contributed by atoms with Crippen molar-refractivity contribution in [3.63, 3.8) is 0 Å². The predicted molar refractivity (Wildman–Crippen MR) is 130 cm³/mol. The van der Waals surface area contributed by atoms with Crippen LogP contribution in [0.25, 0.3) is 0 Å². The lowest BCUT2D eigenvalue weighted by Gasteiger charge is -2.23. The molecule has 1 N–H and O–H groups in total. The molecular formula is C26H46O4S. The standard InChI is InChI=1S/C26H46O4S/c1-21(2)10-7-11-22(3)12-8-13-23(4)14-9-19-26(6,27)20-30-31(28,29)25-17-15-24(5)16-18-25/h15-18,21-23,27H,7-14,19-20H2,1-6H3/t22?,23?,26-/m1/s1. The zero-order chi connectivity index (χ0) is 23.5. The molecule has 0 aromatic heterocycles. The van der Waals surface area contributed by atoms with Gasteiger partial charge in [0.2, 0.25) is 0 Å². The van der Waals surface area contributed by atoms with Crippen molar-refractivity contribution in [1.82, 2.24) is 0 Å². The van der Waals surface area contributed by atoms with Crippen molar-refractivity contribution in [3.05, 3.63) is 29.8 Å². The Balaban J connectivity index is 2.25. The van der Waals surface area contributed by atoms with E-state index in [1.54, 1.807) is 19.1 Å². The van der Waals surface area contributed by atoms with Crippen LogP contribution < -0.4 is 0 Å². The van der Waals surface area contributed by atoms with Gasteiger partial charge in [-0.3, -0.25) is 4.18 Å². The molecule has 0 saturated carbocycles. The summed E-state index contributed by atoms with van der Waals surface area (Å²) in [5.74, 6) is 2.23. The van der Waals surface area contributed by atoms with Crippen molar-refractivity contribution in [2.24, 2.45) is 17.8 Å². The summed E-state index contributed by atoms with van der Waals surface area (Å²) >= 11 is 0. The summed E-state index contributed by atoms with van der Waals surface area (Å²) in [5, 5.41) is 10.6. The fraction of sp³-hybridized carbons (Fsp3) is 0.769. The Morgan fingerprint density at radius 2 is 1.35 bits per heavy atom. The molecule has 0 aliphatic rings. The van der Waals surface area contributed by atoms with Gasteiger partial charge in [-0.1, -0.05) is 96.8 Å². The van der Waals surface area contributed by atoms with E-state index in [4.69, 9.17) is 4.18 Å². The zero-order valence-electron chi connectivity index (χ0n) is 20.7. The molecule has 1 aromatic rings. The first kappa shape index (κ1) is 28.1. The van der Waals surface area contributed by atoms with E-state index in [9.17, 15) is 13.5 Å². The van der Waals surface area contributed by atoms with Gasteiger partial charge in [0.1, 0.15) is 0 Å². The lowest BCUT2D eigenvalue weighted by molar-refractivity contribution is 0.00361. The second-order valence-corrected chi connectivity index (χ2v) is 12.0. The largest absolute Gasteiger partial charge is 0.388 e. The van der Waals surface area contributed by atoms with E-state index < -0.39 is 15.7 Å². The van der Waals surface area contributed by atoms with Crippen LogP contribution in [0.4, 0.5) is 0 Å². The zero-order valence-corrected chi connectivity index (χ0v) is 21.5. The van der Waals surface area contributed by atoms with Gasteiger partial charge in [-0.15, -0.1) is 0 Å². The molecule has 0 heterocycles.